The van der Waals surface area contributed by atoms with Crippen molar-refractivity contribution in [1.29, 1.82) is 0 Å². The Morgan fingerprint density at radius 2 is 2.10 bits per heavy atom. The molecule has 0 amide bonds. The molecule has 0 radical (unpaired) electrons. The predicted octanol–water partition coefficient (Wildman–Crippen LogP) is 3.68. The fraction of sp³-hybridized carbons (Fsp3) is 0.688. The lowest BCUT2D eigenvalue weighted by Gasteiger charge is -2.39. The quantitative estimate of drug-likeness (QED) is 0.842. The van der Waals surface area contributed by atoms with E-state index in [0.29, 0.717) is 5.88 Å². The molecule has 0 unspecified atom stereocenters. The Morgan fingerprint density at radius 3 is 2.70 bits per heavy atom. The van der Waals surface area contributed by atoms with Crippen molar-refractivity contribution in [1.82, 2.24) is 10.3 Å². The highest BCUT2D eigenvalue weighted by Crippen LogP contribution is 2.33. The molecule has 0 spiro atoms. The minimum atomic E-state index is 0.0761. The van der Waals surface area contributed by atoms with Gasteiger partial charge in [0.2, 0.25) is 0 Å². The summed E-state index contributed by atoms with van der Waals surface area (Å²) in [7, 11) is 1.69. The molecule has 1 saturated carbocycles. The summed E-state index contributed by atoms with van der Waals surface area (Å²) >= 11 is 6.23. The summed E-state index contributed by atoms with van der Waals surface area (Å²) in [6.45, 7) is 5.07. The molecule has 1 fully saturated rings. The van der Waals surface area contributed by atoms with Gasteiger partial charge in [-0.25, -0.2) is 0 Å². The van der Waals surface area contributed by atoms with Crippen molar-refractivity contribution in [3.05, 3.63) is 23.5 Å². The molecule has 0 aromatic carbocycles. The molecular weight excluding hydrogens is 272 g/mol. The van der Waals surface area contributed by atoms with Crippen LogP contribution in [0.3, 0.4) is 0 Å². The summed E-state index contributed by atoms with van der Waals surface area (Å²) < 4.78 is 5.30. The molecular formula is C16H25ClN2O. The molecule has 0 aliphatic heterocycles. The topological polar surface area (TPSA) is 34.1 Å². The Kier molecular flexibility index (Phi) is 5.28. The van der Waals surface area contributed by atoms with Gasteiger partial charge in [0.1, 0.15) is 5.75 Å². The van der Waals surface area contributed by atoms with E-state index in [1.165, 1.54) is 12.8 Å². The summed E-state index contributed by atoms with van der Waals surface area (Å²) in [6, 6.07) is 3.94. The lowest BCUT2D eigenvalue weighted by Crippen LogP contribution is -2.49. The monoisotopic (exact) mass is 296 g/mol. The summed E-state index contributed by atoms with van der Waals surface area (Å²) in [5.74, 6) is 2.36. The number of alkyl halides is 1. The highest BCUT2D eigenvalue weighted by molar-refractivity contribution is 6.18. The van der Waals surface area contributed by atoms with Crippen molar-refractivity contribution in [2.45, 2.75) is 51.6 Å². The zero-order valence-electron chi connectivity index (χ0n) is 12.7. The van der Waals surface area contributed by atoms with Crippen molar-refractivity contribution in [2.75, 3.05) is 13.0 Å². The molecule has 1 aliphatic rings. The normalized spacial score (nSPS) is 26.5. The first-order valence-electron chi connectivity index (χ1n) is 7.39. The van der Waals surface area contributed by atoms with Gasteiger partial charge in [-0.3, -0.25) is 4.98 Å². The first-order chi connectivity index (χ1) is 9.57. The van der Waals surface area contributed by atoms with Gasteiger partial charge in [0.15, 0.2) is 0 Å². The zero-order chi connectivity index (χ0) is 14.6. The molecule has 112 valence electrons. The van der Waals surface area contributed by atoms with Crippen LogP contribution >= 0.6 is 11.6 Å². The molecule has 3 nitrogen and oxygen atoms in total. The number of hydrogen-bond acceptors (Lipinski definition) is 3. The van der Waals surface area contributed by atoms with Crippen LogP contribution in [0.15, 0.2) is 12.1 Å². The fourth-order valence-electron chi connectivity index (χ4n) is 2.86. The third kappa shape index (κ3) is 3.86. The number of halogens is 1. The average molecular weight is 297 g/mol. The zero-order valence-corrected chi connectivity index (χ0v) is 13.5. The number of nitrogens with one attached hydrogen (secondary N) is 1. The van der Waals surface area contributed by atoms with Crippen LogP contribution in [0.5, 0.6) is 5.75 Å². The second-order valence-electron chi connectivity index (χ2n) is 6.09. The van der Waals surface area contributed by atoms with Crippen molar-refractivity contribution < 1.29 is 4.74 Å². The van der Waals surface area contributed by atoms with Crippen LogP contribution < -0.4 is 10.1 Å². The van der Waals surface area contributed by atoms with Crippen LogP contribution in [0, 0.1) is 12.8 Å². The Hall–Kier alpha value is -0.800. The van der Waals surface area contributed by atoms with E-state index in [-0.39, 0.29) is 5.54 Å². The van der Waals surface area contributed by atoms with Gasteiger partial charge >= 0.3 is 0 Å². The van der Waals surface area contributed by atoms with Gasteiger partial charge in [-0.05, 0) is 38.5 Å². The molecule has 1 aliphatic carbocycles. The number of rotatable bonds is 5. The van der Waals surface area contributed by atoms with Crippen molar-refractivity contribution in [3.63, 3.8) is 0 Å². The summed E-state index contributed by atoms with van der Waals surface area (Å²) in [5, 5.41) is 3.65. The molecule has 1 heterocycles. The third-order valence-electron chi connectivity index (χ3n) is 4.35. The smallest absolute Gasteiger partial charge is 0.122 e. The van der Waals surface area contributed by atoms with Gasteiger partial charge < -0.3 is 10.1 Å². The molecule has 1 aromatic heterocycles. The van der Waals surface area contributed by atoms with Gasteiger partial charge in [-0.2, -0.15) is 0 Å². The fourth-order valence-corrected chi connectivity index (χ4v) is 3.22. The maximum atomic E-state index is 6.23. The number of hydrogen-bond donors (Lipinski definition) is 1. The minimum absolute atomic E-state index is 0.0761. The summed E-state index contributed by atoms with van der Waals surface area (Å²) in [5.41, 5.74) is 2.08. The Morgan fingerprint density at radius 1 is 1.40 bits per heavy atom. The van der Waals surface area contributed by atoms with E-state index in [2.05, 4.69) is 17.2 Å². The van der Waals surface area contributed by atoms with Crippen molar-refractivity contribution in [3.8, 4) is 5.75 Å². The number of ether oxygens (including phenoxy) is 1. The number of methoxy groups -OCH3 is 1. The average Bonchev–Trinajstić information content (AvgIpc) is 2.46. The first kappa shape index (κ1) is 15.6. The molecule has 0 bridgehead atoms. The van der Waals surface area contributed by atoms with E-state index in [1.54, 1.807) is 7.11 Å². The highest BCUT2D eigenvalue weighted by atomic mass is 35.5. The van der Waals surface area contributed by atoms with Crippen molar-refractivity contribution >= 4 is 11.6 Å². The maximum Gasteiger partial charge on any atom is 0.122 e. The van der Waals surface area contributed by atoms with Crippen LogP contribution in [0.25, 0.3) is 0 Å². The molecule has 1 aromatic rings. The van der Waals surface area contributed by atoms with Crippen LogP contribution in [-0.4, -0.2) is 23.5 Å². The summed E-state index contributed by atoms with van der Waals surface area (Å²) in [6.07, 6.45) is 4.82. The van der Waals surface area contributed by atoms with Crippen molar-refractivity contribution in [2.24, 2.45) is 5.92 Å². The lowest BCUT2D eigenvalue weighted by atomic mass is 9.78. The maximum absolute atomic E-state index is 6.23. The van der Waals surface area contributed by atoms with Crippen LogP contribution in [0.2, 0.25) is 0 Å². The van der Waals surface area contributed by atoms with E-state index < -0.39 is 0 Å². The van der Waals surface area contributed by atoms with Gasteiger partial charge in [0.25, 0.3) is 0 Å². The van der Waals surface area contributed by atoms with Gasteiger partial charge in [0.05, 0.1) is 12.8 Å². The number of pyridine rings is 1. The molecule has 1 N–H and O–H groups in total. The Bertz CT molecular complexity index is 442. The molecule has 2 rings (SSSR count). The SMILES string of the molecule is COc1cc(C)nc(CNC2(CCl)CCC(C)CC2)c1. The van der Waals surface area contributed by atoms with Gasteiger partial charge in [0, 0.05) is 35.8 Å². The highest BCUT2D eigenvalue weighted by Gasteiger charge is 2.32. The largest absolute Gasteiger partial charge is 0.497 e. The van der Waals surface area contributed by atoms with Gasteiger partial charge in [-0.15, -0.1) is 11.6 Å². The second-order valence-corrected chi connectivity index (χ2v) is 6.36. The van der Waals surface area contributed by atoms with Crippen LogP contribution in [0.1, 0.15) is 44.0 Å². The first-order valence-corrected chi connectivity index (χ1v) is 7.93. The van der Waals surface area contributed by atoms with E-state index in [1.807, 2.05) is 19.1 Å². The number of nitrogens with zero attached hydrogens (tertiary/aromatic N) is 1. The molecule has 4 heteroatoms. The number of aromatic nitrogens is 1. The molecule has 0 saturated heterocycles. The minimum Gasteiger partial charge on any atom is -0.497 e. The van der Waals surface area contributed by atoms with E-state index in [9.17, 15) is 0 Å². The van der Waals surface area contributed by atoms with Gasteiger partial charge in [-0.1, -0.05) is 6.92 Å². The number of aryl methyl sites for hydroxylation is 1. The van der Waals surface area contributed by atoms with E-state index >= 15 is 0 Å². The van der Waals surface area contributed by atoms with E-state index in [4.69, 9.17) is 16.3 Å². The molecule has 20 heavy (non-hydrogen) atoms. The van der Waals surface area contributed by atoms with Crippen LogP contribution in [-0.2, 0) is 6.54 Å². The van der Waals surface area contributed by atoms with E-state index in [0.717, 1.165) is 42.4 Å². The standard InChI is InChI=1S/C16H25ClN2O/c1-12-4-6-16(11-17,7-5-12)18-10-14-9-15(20-3)8-13(2)19-14/h8-9,12,18H,4-7,10-11H2,1-3H3. The second kappa shape index (κ2) is 6.77. The third-order valence-corrected chi connectivity index (χ3v) is 4.86. The van der Waals surface area contributed by atoms with Crippen LogP contribution in [0.4, 0.5) is 0 Å². The Labute approximate surface area is 127 Å². The Balaban J connectivity index is 2.01. The molecule has 0 atom stereocenters. The summed E-state index contributed by atoms with van der Waals surface area (Å²) in [4.78, 5) is 4.56. The predicted molar refractivity (Wildman–Crippen MR) is 83.4 cm³/mol. The lowest BCUT2D eigenvalue weighted by molar-refractivity contribution is 0.215.